The van der Waals surface area contributed by atoms with Gasteiger partial charge in [0.1, 0.15) is 11.4 Å². The number of ether oxygens (including phenoxy) is 1. The molecule has 3 aromatic heterocycles. The third-order valence-electron chi connectivity index (χ3n) is 5.29. The van der Waals surface area contributed by atoms with Crippen molar-refractivity contribution in [3.8, 4) is 5.75 Å². The Labute approximate surface area is 178 Å². The normalized spacial score (nSPS) is 11.0. The van der Waals surface area contributed by atoms with Crippen molar-refractivity contribution in [2.45, 2.75) is 6.54 Å². The molecule has 0 aliphatic heterocycles. The molecule has 5 rings (SSSR count). The molecule has 2 aromatic carbocycles. The van der Waals surface area contributed by atoms with Crippen LogP contribution in [-0.4, -0.2) is 27.7 Å². The van der Waals surface area contributed by atoms with Crippen LogP contribution < -0.4 is 15.4 Å². The van der Waals surface area contributed by atoms with Gasteiger partial charge < -0.3 is 24.9 Å². The van der Waals surface area contributed by atoms with Gasteiger partial charge in [0, 0.05) is 35.9 Å². The van der Waals surface area contributed by atoms with Crippen LogP contribution in [0.15, 0.2) is 79.3 Å². The lowest BCUT2D eigenvalue weighted by atomic mass is 10.2. The van der Waals surface area contributed by atoms with E-state index in [1.54, 1.807) is 25.4 Å². The molecule has 0 atom stereocenters. The van der Waals surface area contributed by atoms with Gasteiger partial charge in [-0.3, -0.25) is 0 Å². The van der Waals surface area contributed by atoms with Gasteiger partial charge in [0.25, 0.3) is 0 Å². The van der Waals surface area contributed by atoms with Crippen LogP contribution in [0.5, 0.6) is 5.75 Å². The number of carbonyl (C=O) groups is 1. The lowest BCUT2D eigenvalue weighted by Crippen LogP contribution is -2.19. The van der Waals surface area contributed by atoms with Crippen LogP contribution in [0.2, 0.25) is 0 Å². The summed E-state index contributed by atoms with van der Waals surface area (Å²) in [6.45, 7) is 0.700. The number of methoxy groups -OCH3 is 1. The first-order valence-corrected chi connectivity index (χ1v) is 9.93. The van der Waals surface area contributed by atoms with Crippen LogP contribution in [0.4, 0.5) is 16.2 Å². The minimum Gasteiger partial charge on any atom is -0.495 e. The highest BCUT2D eigenvalue weighted by molar-refractivity contribution is 6.06. The fourth-order valence-electron chi connectivity index (χ4n) is 3.82. The molecule has 5 aromatic rings. The Bertz CT molecular complexity index is 1390. The van der Waals surface area contributed by atoms with E-state index < -0.39 is 0 Å². The number of pyridine rings is 1. The second-order valence-corrected chi connectivity index (χ2v) is 7.17. The van der Waals surface area contributed by atoms with E-state index in [0.717, 1.165) is 33.2 Å². The summed E-state index contributed by atoms with van der Waals surface area (Å²) in [6.07, 6.45) is 5.80. The lowest BCUT2D eigenvalue weighted by molar-refractivity contribution is 0.262. The molecule has 0 saturated carbocycles. The molecule has 3 N–H and O–H groups in total. The molecule has 0 saturated heterocycles. The molecule has 31 heavy (non-hydrogen) atoms. The van der Waals surface area contributed by atoms with Crippen LogP contribution in [-0.2, 0) is 6.54 Å². The molecule has 0 spiro atoms. The van der Waals surface area contributed by atoms with Crippen LogP contribution >= 0.6 is 0 Å². The van der Waals surface area contributed by atoms with Crippen molar-refractivity contribution >= 4 is 39.3 Å². The van der Waals surface area contributed by atoms with Gasteiger partial charge in [0.2, 0.25) is 0 Å². The molecule has 7 heteroatoms. The third kappa shape index (κ3) is 3.57. The number of H-pyrrole nitrogens is 1. The van der Waals surface area contributed by atoms with Crippen LogP contribution in [0.1, 0.15) is 5.56 Å². The molecule has 0 unspecified atom stereocenters. The number of anilines is 2. The van der Waals surface area contributed by atoms with E-state index in [-0.39, 0.29) is 6.03 Å². The maximum Gasteiger partial charge on any atom is 0.323 e. The summed E-state index contributed by atoms with van der Waals surface area (Å²) in [5, 5.41) is 7.87. The van der Waals surface area contributed by atoms with Crippen molar-refractivity contribution in [2.24, 2.45) is 0 Å². The van der Waals surface area contributed by atoms with Gasteiger partial charge in [0.05, 0.1) is 24.0 Å². The Kier molecular flexibility index (Phi) is 4.76. The summed E-state index contributed by atoms with van der Waals surface area (Å²) in [7, 11) is 1.58. The third-order valence-corrected chi connectivity index (χ3v) is 5.29. The Balaban J connectivity index is 1.40. The molecule has 2 amide bonds. The first kappa shape index (κ1) is 18.7. The minimum absolute atomic E-state index is 0.326. The zero-order chi connectivity index (χ0) is 21.2. The highest BCUT2D eigenvalue weighted by atomic mass is 16.5. The van der Waals surface area contributed by atoms with Crippen molar-refractivity contribution in [2.75, 3.05) is 17.7 Å². The molecule has 154 valence electrons. The summed E-state index contributed by atoms with van der Waals surface area (Å²) < 4.78 is 7.46. The molecule has 0 aliphatic rings. The van der Waals surface area contributed by atoms with Gasteiger partial charge in [-0.1, -0.05) is 18.2 Å². The largest absolute Gasteiger partial charge is 0.495 e. The van der Waals surface area contributed by atoms with Gasteiger partial charge in [-0.15, -0.1) is 0 Å². The lowest BCUT2D eigenvalue weighted by Gasteiger charge is -2.12. The van der Waals surface area contributed by atoms with Crippen LogP contribution in [0.25, 0.3) is 21.9 Å². The molecule has 0 aliphatic carbocycles. The number of hydrogen-bond donors (Lipinski definition) is 3. The predicted octanol–water partition coefficient (Wildman–Crippen LogP) is 5.22. The standard InChI is InChI=1S/C24H21N5O2/c1-31-22-10-3-2-7-20(22)28-24(30)27-19-8-4-9-21-18(19)11-13-29(21)15-16-14-26-23-17(16)6-5-12-25-23/h2-14H,15H2,1H3,(H,25,26)(H2,27,28,30). The Morgan fingerprint density at radius 3 is 2.74 bits per heavy atom. The van der Waals surface area contributed by atoms with E-state index in [0.29, 0.717) is 18.0 Å². The fourth-order valence-corrected chi connectivity index (χ4v) is 3.82. The maximum absolute atomic E-state index is 12.6. The molecule has 3 heterocycles. The summed E-state index contributed by atoms with van der Waals surface area (Å²) >= 11 is 0. The summed E-state index contributed by atoms with van der Waals surface area (Å²) in [4.78, 5) is 20.2. The van der Waals surface area contributed by atoms with Crippen molar-refractivity contribution in [1.29, 1.82) is 0 Å². The van der Waals surface area contributed by atoms with E-state index in [1.165, 1.54) is 0 Å². The zero-order valence-corrected chi connectivity index (χ0v) is 16.9. The smallest absolute Gasteiger partial charge is 0.323 e. The van der Waals surface area contributed by atoms with Crippen molar-refractivity contribution in [3.05, 3.63) is 84.8 Å². The highest BCUT2D eigenvalue weighted by Crippen LogP contribution is 2.28. The Hall–Kier alpha value is -4.26. The number of rotatable bonds is 5. The van der Waals surface area contributed by atoms with Gasteiger partial charge in [0.15, 0.2) is 0 Å². The first-order valence-electron chi connectivity index (χ1n) is 9.93. The van der Waals surface area contributed by atoms with E-state index >= 15 is 0 Å². The number of aromatic amines is 1. The molecule has 0 radical (unpaired) electrons. The number of amides is 2. The first-order chi connectivity index (χ1) is 15.2. The summed E-state index contributed by atoms with van der Waals surface area (Å²) in [5.74, 6) is 0.607. The van der Waals surface area contributed by atoms with E-state index in [2.05, 4.69) is 31.2 Å². The van der Waals surface area contributed by atoms with Gasteiger partial charge >= 0.3 is 6.03 Å². The quantitative estimate of drug-likeness (QED) is 0.371. The van der Waals surface area contributed by atoms with E-state index in [4.69, 9.17) is 4.74 Å². The molecule has 0 bridgehead atoms. The van der Waals surface area contributed by atoms with Crippen LogP contribution in [0.3, 0.4) is 0 Å². The average Bonchev–Trinajstić information content (AvgIpc) is 3.40. The van der Waals surface area contributed by atoms with E-state index in [9.17, 15) is 4.79 Å². The number of hydrogen-bond acceptors (Lipinski definition) is 3. The summed E-state index contributed by atoms with van der Waals surface area (Å²) in [6, 6.07) is 18.9. The highest BCUT2D eigenvalue weighted by Gasteiger charge is 2.12. The molecule has 0 fully saturated rings. The van der Waals surface area contributed by atoms with Gasteiger partial charge in [-0.25, -0.2) is 9.78 Å². The second-order valence-electron chi connectivity index (χ2n) is 7.17. The Morgan fingerprint density at radius 1 is 1.00 bits per heavy atom. The predicted molar refractivity (Wildman–Crippen MR) is 123 cm³/mol. The fraction of sp³-hybridized carbons (Fsp3) is 0.0833. The number of para-hydroxylation sites is 2. The number of urea groups is 1. The summed E-state index contributed by atoms with van der Waals surface area (Å²) in [5.41, 5.74) is 4.43. The number of nitrogens with one attached hydrogen (secondary N) is 3. The average molecular weight is 411 g/mol. The number of benzene rings is 2. The second kappa shape index (κ2) is 7.87. The van der Waals surface area contributed by atoms with E-state index in [1.807, 2.05) is 54.9 Å². The number of fused-ring (bicyclic) bond motifs is 2. The minimum atomic E-state index is -0.326. The molecular formula is C24H21N5O2. The molecule has 7 nitrogen and oxygen atoms in total. The SMILES string of the molecule is COc1ccccc1NC(=O)Nc1cccc2c1ccn2Cc1c[nH]c2ncccc12. The Morgan fingerprint density at radius 2 is 1.84 bits per heavy atom. The molecular weight excluding hydrogens is 390 g/mol. The maximum atomic E-state index is 12.6. The van der Waals surface area contributed by atoms with Gasteiger partial charge in [-0.2, -0.15) is 0 Å². The van der Waals surface area contributed by atoms with Crippen LogP contribution in [0, 0.1) is 0 Å². The monoisotopic (exact) mass is 411 g/mol. The number of carbonyl (C=O) groups excluding carboxylic acids is 1. The van der Waals surface area contributed by atoms with Crippen molar-refractivity contribution < 1.29 is 9.53 Å². The number of nitrogens with zero attached hydrogens (tertiary/aromatic N) is 2. The topological polar surface area (TPSA) is 84.0 Å². The number of aromatic nitrogens is 3. The zero-order valence-electron chi connectivity index (χ0n) is 16.9. The van der Waals surface area contributed by atoms with Crippen molar-refractivity contribution in [3.63, 3.8) is 0 Å². The van der Waals surface area contributed by atoms with Crippen molar-refractivity contribution in [1.82, 2.24) is 14.5 Å². The van der Waals surface area contributed by atoms with Gasteiger partial charge in [-0.05, 0) is 48.0 Å².